The summed E-state index contributed by atoms with van der Waals surface area (Å²) in [6, 6.07) is 3.29. The maximum Gasteiger partial charge on any atom is 0.305 e. The van der Waals surface area contributed by atoms with Crippen LogP contribution in [0.1, 0.15) is 68.5 Å². The van der Waals surface area contributed by atoms with Crippen LogP contribution in [0, 0.1) is 5.92 Å². The Morgan fingerprint density at radius 1 is 1.04 bits per heavy atom. The van der Waals surface area contributed by atoms with Crippen molar-refractivity contribution in [2.75, 3.05) is 20.8 Å². The average Bonchev–Trinajstić information content (AvgIpc) is 2.95. The lowest BCUT2D eigenvalue weighted by Crippen LogP contribution is -2.41. The zero-order chi connectivity index (χ0) is 20.1. The highest BCUT2D eigenvalue weighted by Crippen LogP contribution is 2.40. The molecular formula is C22H31NO5. The molecule has 2 aliphatic rings. The molecule has 1 heterocycles. The standard InChI is InChI=1S/C22H31NO5/c1-27-19-12-16-9-10-23(21(24)11-15-7-5-3-4-6-8-15)18(14-22(25)26)17(16)13-20(19)28-2/h12-13,15,18H,3-11,14H2,1-2H3,(H,25,26). The Balaban J connectivity index is 1.85. The lowest BCUT2D eigenvalue weighted by Gasteiger charge is -2.38. The number of fused-ring (bicyclic) bond motifs is 1. The lowest BCUT2D eigenvalue weighted by atomic mass is 9.88. The van der Waals surface area contributed by atoms with Crippen LogP contribution in [-0.2, 0) is 16.0 Å². The first-order valence-corrected chi connectivity index (χ1v) is 10.3. The van der Waals surface area contributed by atoms with Crippen molar-refractivity contribution in [3.63, 3.8) is 0 Å². The van der Waals surface area contributed by atoms with E-state index in [0.717, 1.165) is 24.0 Å². The molecule has 1 aromatic carbocycles. The molecule has 1 N–H and O–H groups in total. The first kappa shape index (κ1) is 20.5. The summed E-state index contributed by atoms with van der Waals surface area (Å²) in [4.78, 5) is 26.5. The van der Waals surface area contributed by atoms with E-state index in [-0.39, 0.29) is 12.3 Å². The Hall–Kier alpha value is -2.24. The number of methoxy groups -OCH3 is 2. The number of amides is 1. The van der Waals surface area contributed by atoms with Crippen LogP contribution in [0.4, 0.5) is 0 Å². The van der Waals surface area contributed by atoms with E-state index in [1.54, 1.807) is 19.1 Å². The molecular weight excluding hydrogens is 358 g/mol. The van der Waals surface area contributed by atoms with E-state index in [2.05, 4.69) is 0 Å². The second-order valence-corrected chi connectivity index (χ2v) is 7.92. The fourth-order valence-electron chi connectivity index (χ4n) is 4.64. The molecule has 28 heavy (non-hydrogen) atoms. The highest BCUT2D eigenvalue weighted by atomic mass is 16.5. The minimum absolute atomic E-state index is 0.0820. The van der Waals surface area contributed by atoms with Crippen molar-refractivity contribution < 1.29 is 24.2 Å². The van der Waals surface area contributed by atoms with Gasteiger partial charge in [0.05, 0.1) is 26.7 Å². The Bertz CT molecular complexity index is 709. The van der Waals surface area contributed by atoms with E-state index in [4.69, 9.17) is 9.47 Å². The van der Waals surface area contributed by atoms with Gasteiger partial charge in [-0.1, -0.05) is 25.7 Å². The Kier molecular flexibility index (Phi) is 6.81. The van der Waals surface area contributed by atoms with E-state index in [1.807, 2.05) is 12.1 Å². The number of benzene rings is 1. The van der Waals surface area contributed by atoms with Gasteiger partial charge in [0.25, 0.3) is 0 Å². The summed E-state index contributed by atoms with van der Waals surface area (Å²) >= 11 is 0. The number of carboxylic acids is 1. The summed E-state index contributed by atoms with van der Waals surface area (Å²) in [5.41, 5.74) is 1.89. The van der Waals surface area contributed by atoms with Gasteiger partial charge in [0.15, 0.2) is 11.5 Å². The third-order valence-electron chi connectivity index (χ3n) is 6.13. The normalized spacial score (nSPS) is 20.2. The van der Waals surface area contributed by atoms with Crippen molar-refractivity contribution >= 4 is 11.9 Å². The van der Waals surface area contributed by atoms with Gasteiger partial charge in [0, 0.05) is 13.0 Å². The number of hydrogen-bond acceptors (Lipinski definition) is 4. The van der Waals surface area contributed by atoms with E-state index in [9.17, 15) is 14.7 Å². The molecule has 0 saturated heterocycles. The molecule has 6 heteroatoms. The number of carboxylic acid groups (broad SMARTS) is 1. The molecule has 1 saturated carbocycles. The molecule has 3 rings (SSSR count). The topological polar surface area (TPSA) is 76.1 Å². The molecule has 0 aromatic heterocycles. The molecule has 1 amide bonds. The van der Waals surface area contributed by atoms with Gasteiger partial charge in [-0.05, 0) is 48.4 Å². The Labute approximate surface area is 166 Å². The number of nitrogens with zero attached hydrogens (tertiary/aromatic N) is 1. The maximum absolute atomic E-state index is 13.1. The molecule has 0 bridgehead atoms. The molecule has 1 unspecified atom stereocenters. The van der Waals surface area contributed by atoms with E-state index in [1.165, 1.54) is 25.7 Å². The number of ether oxygens (including phenoxy) is 2. The van der Waals surface area contributed by atoms with Gasteiger partial charge < -0.3 is 19.5 Å². The van der Waals surface area contributed by atoms with Gasteiger partial charge in [-0.3, -0.25) is 9.59 Å². The zero-order valence-electron chi connectivity index (χ0n) is 16.9. The van der Waals surface area contributed by atoms with Crippen LogP contribution in [0.15, 0.2) is 12.1 Å². The number of rotatable bonds is 6. The van der Waals surface area contributed by atoms with Crippen molar-refractivity contribution in [3.05, 3.63) is 23.3 Å². The third kappa shape index (κ3) is 4.59. The first-order valence-electron chi connectivity index (χ1n) is 10.3. The molecule has 1 aromatic rings. The number of carbonyl (C=O) groups is 2. The lowest BCUT2D eigenvalue weighted by molar-refractivity contribution is -0.141. The van der Waals surface area contributed by atoms with Crippen LogP contribution in [0.2, 0.25) is 0 Å². The summed E-state index contributed by atoms with van der Waals surface area (Å²) in [6.07, 6.45) is 8.22. The fourth-order valence-corrected chi connectivity index (χ4v) is 4.64. The molecule has 0 radical (unpaired) electrons. The van der Waals surface area contributed by atoms with Gasteiger partial charge in [-0.2, -0.15) is 0 Å². The van der Waals surface area contributed by atoms with Crippen molar-refractivity contribution in [1.82, 2.24) is 4.90 Å². The van der Waals surface area contributed by atoms with Crippen molar-refractivity contribution in [1.29, 1.82) is 0 Å². The van der Waals surface area contributed by atoms with Crippen LogP contribution >= 0.6 is 0 Å². The average molecular weight is 389 g/mol. The van der Waals surface area contributed by atoms with Gasteiger partial charge in [-0.15, -0.1) is 0 Å². The fraction of sp³-hybridized carbons (Fsp3) is 0.636. The smallest absolute Gasteiger partial charge is 0.305 e. The molecule has 0 spiro atoms. The molecule has 1 atom stereocenters. The molecule has 1 aliphatic carbocycles. The predicted molar refractivity (Wildman–Crippen MR) is 106 cm³/mol. The van der Waals surface area contributed by atoms with E-state index >= 15 is 0 Å². The van der Waals surface area contributed by atoms with Gasteiger partial charge in [-0.25, -0.2) is 0 Å². The minimum Gasteiger partial charge on any atom is -0.493 e. The van der Waals surface area contributed by atoms with Crippen molar-refractivity contribution in [2.45, 2.75) is 63.8 Å². The van der Waals surface area contributed by atoms with E-state index in [0.29, 0.717) is 36.8 Å². The number of carbonyl (C=O) groups excluding carboxylic acids is 1. The van der Waals surface area contributed by atoms with Crippen LogP contribution in [0.25, 0.3) is 0 Å². The highest BCUT2D eigenvalue weighted by Gasteiger charge is 2.34. The van der Waals surface area contributed by atoms with Crippen molar-refractivity contribution in [2.24, 2.45) is 5.92 Å². The summed E-state index contributed by atoms with van der Waals surface area (Å²) < 4.78 is 10.8. The van der Waals surface area contributed by atoms with Gasteiger partial charge in [0.1, 0.15) is 0 Å². The van der Waals surface area contributed by atoms with Gasteiger partial charge in [0.2, 0.25) is 5.91 Å². The highest BCUT2D eigenvalue weighted by molar-refractivity contribution is 5.79. The zero-order valence-corrected chi connectivity index (χ0v) is 16.9. The SMILES string of the molecule is COc1cc2c(cc1OC)C(CC(=O)O)N(C(=O)CC1CCCCCC1)CC2. The predicted octanol–water partition coefficient (Wildman–Crippen LogP) is 3.96. The second-order valence-electron chi connectivity index (χ2n) is 7.92. The second kappa shape index (κ2) is 9.30. The number of hydrogen-bond donors (Lipinski definition) is 1. The maximum atomic E-state index is 13.1. The molecule has 154 valence electrons. The number of aliphatic carboxylic acids is 1. The van der Waals surface area contributed by atoms with Crippen LogP contribution in [0.5, 0.6) is 11.5 Å². The molecule has 6 nitrogen and oxygen atoms in total. The van der Waals surface area contributed by atoms with E-state index < -0.39 is 12.0 Å². The summed E-state index contributed by atoms with van der Waals surface area (Å²) in [5.74, 6) is 0.800. The van der Waals surface area contributed by atoms with Crippen LogP contribution in [-0.4, -0.2) is 42.6 Å². The molecule has 1 aliphatic heterocycles. The monoisotopic (exact) mass is 389 g/mol. The van der Waals surface area contributed by atoms with Crippen LogP contribution in [0.3, 0.4) is 0 Å². The Morgan fingerprint density at radius 2 is 1.68 bits per heavy atom. The summed E-state index contributed by atoms with van der Waals surface area (Å²) in [7, 11) is 3.15. The van der Waals surface area contributed by atoms with Crippen LogP contribution < -0.4 is 9.47 Å². The summed E-state index contributed by atoms with van der Waals surface area (Å²) in [6.45, 7) is 0.548. The largest absolute Gasteiger partial charge is 0.493 e. The first-order chi connectivity index (χ1) is 13.5. The third-order valence-corrected chi connectivity index (χ3v) is 6.13. The molecule has 1 fully saturated rings. The summed E-state index contributed by atoms with van der Waals surface area (Å²) in [5, 5.41) is 9.48. The van der Waals surface area contributed by atoms with Gasteiger partial charge >= 0.3 is 5.97 Å². The minimum atomic E-state index is -0.903. The van der Waals surface area contributed by atoms with Crippen molar-refractivity contribution in [3.8, 4) is 11.5 Å². The quantitative estimate of drug-likeness (QED) is 0.745. The Morgan fingerprint density at radius 3 is 2.29 bits per heavy atom.